The number of morpholine rings is 1. The van der Waals surface area contributed by atoms with Crippen molar-refractivity contribution < 1.29 is 14.3 Å². The maximum Gasteiger partial charge on any atom is 0.227 e. The molecule has 0 radical (unpaired) electrons. The Kier molecular flexibility index (Phi) is 4.67. The average molecular weight is 312 g/mol. The number of amides is 1. The van der Waals surface area contributed by atoms with E-state index in [4.69, 9.17) is 4.74 Å². The van der Waals surface area contributed by atoms with E-state index >= 15 is 0 Å². The monoisotopic (exact) mass is 312 g/mol. The fraction of sp³-hybridized carbons (Fsp3) is 0.389. The number of hydrogen-bond acceptors (Lipinski definition) is 4. The molecular formula is C18H20N2O3. The second kappa shape index (κ2) is 6.87. The van der Waals surface area contributed by atoms with Crippen LogP contribution in [0.15, 0.2) is 36.5 Å². The van der Waals surface area contributed by atoms with Gasteiger partial charge in [0.15, 0.2) is 0 Å². The van der Waals surface area contributed by atoms with Crippen LogP contribution in [0.3, 0.4) is 0 Å². The zero-order valence-corrected chi connectivity index (χ0v) is 13.2. The minimum absolute atomic E-state index is 0.0247. The van der Waals surface area contributed by atoms with Crippen molar-refractivity contribution in [2.75, 3.05) is 19.8 Å². The number of rotatable bonds is 4. The first-order valence-corrected chi connectivity index (χ1v) is 7.84. The first kappa shape index (κ1) is 15.6. The minimum atomic E-state index is -0.151. The molecule has 1 saturated heterocycles. The molecule has 1 unspecified atom stereocenters. The van der Waals surface area contributed by atoms with Gasteiger partial charge in [0.1, 0.15) is 5.78 Å². The highest BCUT2D eigenvalue weighted by Crippen LogP contribution is 2.16. The second-order valence-corrected chi connectivity index (χ2v) is 5.94. The summed E-state index contributed by atoms with van der Waals surface area (Å²) in [7, 11) is 0. The zero-order valence-electron chi connectivity index (χ0n) is 13.2. The molecule has 0 saturated carbocycles. The summed E-state index contributed by atoms with van der Waals surface area (Å²) in [5.41, 5.74) is 1.81. The predicted molar refractivity (Wildman–Crippen MR) is 87.1 cm³/mol. The van der Waals surface area contributed by atoms with Gasteiger partial charge in [-0.15, -0.1) is 0 Å². The number of ketones is 1. The Balaban J connectivity index is 1.74. The summed E-state index contributed by atoms with van der Waals surface area (Å²) >= 11 is 0. The van der Waals surface area contributed by atoms with Crippen LogP contribution in [0.5, 0.6) is 0 Å². The molecule has 1 aliphatic heterocycles. The van der Waals surface area contributed by atoms with Crippen molar-refractivity contribution in [3.05, 3.63) is 42.1 Å². The molecule has 3 rings (SSSR count). The molecular weight excluding hydrogens is 292 g/mol. The van der Waals surface area contributed by atoms with E-state index in [1.54, 1.807) is 18.0 Å². The number of fused-ring (bicyclic) bond motifs is 1. The summed E-state index contributed by atoms with van der Waals surface area (Å²) in [6.45, 7) is 3.04. The minimum Gasteiger partial charge on any atom is -0.377 e. The topological polar surface area (TPSA) is 59.5 Å². The van der Waals surface area contributed by atoms with Crippen LogP contribution in [-0.4, -0.2) is 47.4 Å². The molecule has 5 heteroatoms. The van der Waals surface area contributed by atoms with E-state index in [0.29, 0.717) is 32.6 Å². The SMILES string of the molecule is CC(=O)CC1COCCN1C(=O)Cc1cnc2ccccc2c1. The lowest BCUT2D eigenvalue weighted by atomic mass is 10.1. The van der Waals surface area contributed by atoms with E-state index in [-0.39, 0.29) is 17.7 Å². The van der Waals surface area contributed by atoms with E-state index in [1.807, 2.05) is 30.3 Å². The first-order valence-electron chi connectivity index (χ1n) is 7.84. The molecule has 0 N–H and O–H groups in total. The van der Waals surface area contributed by atoms with Gasteiger partial charge < -0.3 is 9.64 Å². The second-order valence-electron chi connectivity index (χ2n) is 5.94. The van der Waals surface area contributed by atoms with Gasteiger partial charge in [-0.2, -0.15) is 0 Å². The molecule has 0 spiro atoms. The van der Waals surface area contributed by atoms with Gasteiger partial charge in [0.05, 0.1) is 31.2 Å². The van der Waals surface area contributed by atoms with Crippen molar-refractivity contribution in [1.29, 1.82) is 0 Å². The Hall–Kier alpha value is -2.27. The van der Waals surface area contributed by atoms with Crippen LogP contribution in [0.4, 0.5) is 0 Å². The summed E-state index contributed by atoms with van der Waals surface area (Å²) in [6.07, 6.45) is 2.40. The Labute approximate surface area is 135 Å². The van der Waals surface area contributed by atoms with Gasteiger partial charge >= 0.3 is 0 Å². The number of Topliss-reactive ketones (excluding diaryl/α,β-unsaturated/α-hetero) is 1. The number of nitrogens with zero attached hydrogens (tertiary/aromatic N) is 2. The third-order valence-electron chi connectivity index (χ3n) is 4.07. The fourth-order valence-electron chi connectivity index (χ4n) is 2.97. The smallest absolute Gasteiger partial charge is 0.227 e. The number of para-hydroxylation sites is 1. The molecule has 2 aromatic rings. The van der Waals surface area contributed by atoms with Gasteiger partial charge in [-0.05, 0) is 24.6 Å². The number of ether oxygens (including phenoxy) is 1. The third-order valence-corrected chi connectivity index (χ3v) is 4.07. The van der Waals surface area contributed by atoms with Crippen molar-refractivity contribution >= 4 is 22.6 Å². The van der Waals surface area contributed by atoms with Crippen molar-refractivity contribution in [2.45, 2.75) is 25.8 Å². The van der Waals surface area contributed by atoms with Gasteiger partial charge in [-0.25, -0.2) is 0 Å². The maximum absolute atomic E-state index is 12.6. The van der Waals surface area contributed by atoms with Gasteiger partial charge in [0.2, 0.25) is 5.91 Å². The normalized spacial score (nSPS) is 18.1. The molecule has 1 amide bonds. The van der Waals surface area contributed by atoms with Gasteiger partial charge in [0.25, 0.3) is 0 Å². The highest BCUT2D eigenvalue weighted by Gasteiger charge is 2.28. The molecule has 1 aliphatic rings. The Bertz CT molecular complexity index is 729. The van der Waals surface area contributed by atoms with E-state index in [1.165, 1.54) is 0 Å². The Morgan fingerprint density at radius 2 is 2.17 bits per heavy atom. The number of aromatic nitrogens is 1. The molecule has 23 heavy (non-hydrogen) atoms. The lowest BCUT2D eigenvalue weighted by Gasteiger charge is -2.35. The standard InChI is InChI=1S/C18H20N2O3/c1-13(21)8-16-12-23-7-6-20(16)18(22)10-14-9-15-4-2-3-5-17(15)19-11-14/h2-5,9,11,16H,6-8,10,12H2,1H3. The highest BCUT2D eigenvalue weighted by molar-refractivity contribution is 5.83. The van der Waals surface area contributed by atoms with Crippen LogP contribution in [0.25, 0.3) is 10.9 Å². The molecule has 120 valence electrons. The zero-order chi connectivity index (χ0) is 16.2. The molecule has 1 aromatic carbocycles. The molecule has 2 heterocycles. The van der Waals surface area contributed by atoms with E-state index in [9.17, 15) is 9.59 Å². The number of carbonyl (C=O) groups excluding carboxylic acids is 2. The maximum atomic E-state index is 12.6. The molecule has 0 aliphatic carbocycles. The highest BCUT2D eigenvalue weighted by atomic mass is 16.5. The van der Waals surface area contributed by atoms with Crippen LogP contribution in [0.2, 0.25) is 0 Å². The lowest BCUT2D eigenvalue weighted by molar-refractivity contribution is -0.140. The van der Waals surface area contributed by atoms with Crippen LogP contribution >= 0.6 is 0 Å². The van der Waals surface area contributed by atoms with E-state index in [0.717, 1.165) is 16.5 Å². The number of benzene rings is 1. The van der Waals surface area contributed by atoms with Crippen LogP contribution in [-0.2, 0) is 20.7 Å². The quantitative estimate of drug-likeness (QED) is 0.866. The largest absolute Gasteiger partial charge is 0.377 e. The predicted octanol–water partition coefficient (Wildman–Crippen LogP) is 1.98. The van der Waals surface area contributed by atoms with Crippen LogP contribution in [0.1, 0.15) is 18.9 Å². The van der Waals surface area contributed by atoms with E-state index < -0.39 is 0 Å². The van der Waals surface area contributed by atoms with Gasteiger partial charge in [-0.3, -0.25) is 14.6 Å². The summed E-state index contributed by atoms with van der Waals surface area (Å²) < 4.78 is 5.41. The first-order chi connectivity index (χ1) is 11.1. The number of hydrogen-bond donors (Lipinski definition) is 0. The third kappa shape index (κ3) is 3.74. The molecule has 5 nitrogen and oxygen atoms in total. The van der Waals surface area contributed by atoms with Gasteiger partial charge in [0, 0.05) is 24.5 Å². The van der Waals surface area contributed by atoms with Crippen molar-refractivity contribution in [1.82, 2.24) is 9.88 Å². The van der Waals surface area contributed by atoms with Crippen LogP contribution in [0, 0.1) is 0 Å². The lowest BCUT2D eigenvalue weighted by Crippen LogP contribution is -2.49. The number of pyridine rings is 1. The van der Waals surface area contributed by atoms with E-state index in [2.05, 4.69) is 4.98 Å². The summed E-state index contributed by atoms with van der Waals surface area (Å²) in [4.78, 5) is 30.2. The summed E-state index contributed by atoms with van der Waals surface area (Å²) in [6, 6.07) is 9.69. The number of carbonyl (C=O) groups is 2. The van der Waals surface area contributed by atoms with Crippen LogP contribution < -0.4 is 0 Å². The summed E-state index contributed by atoms with van der Waals surface area (Å²) in [5.74, 6) is 0.0994. The Morgan fingerprint density at radius 3 is 3.00 bits per heavy atom. The van der Waals surface area contributed by atoms with Crippen molar-refractivity contribution in [3.63, 3.8) is 0 Å². The summed E-state index contributed by atoms with van der Waals surface area (Å²) in [5, 5.41) is 1.03. The van der Waals surface area contributed by atoms with Crippen molar-refractivity contribution in [3.8, 4) is 0 Å². The molecule has 1 fully saturated rings. The molecule has 1 aromatic heterocycles. The van der Waals surface area contributed by atoms with Gasteiger partial charge in [-0.1, -0.05) is 18.2 Å². The average Bonchev–Trinajstić information content (AvgIpc) is 2.54. The Morgan fingerprint density at radius 1 is 1.35 bits per heavy atom. The fourth-order valence-corrected chi connectivity index (χ4v) is 2.97. The van der Waals surface area contributed by atoms with Crippen molar-refractivity contribution in [2.24, 2.45) is 0 Å². The molecule has 1 atom stereocenters. The molecule has 0 bridgehead atoms.